The molecule has 7 nitrogen and oxygen atoms in total. The summed E-state index contributed by atoms with van der Waals surface area (Å²) in [5, 5.41) is 7.14. The predicted octanol–water partition coefficient (Wildman–Crippen LogP) is 4.69. The van der Waals surface area contributed by atoms with Crippen molar-refractivity contribution in [3.63, 3.8) is 0 Å². The van der Waals surface area contributed by atoms with Gasteiger partial charge in [0.25, 0.3) is 0 Å². The van der Waals surface area contributed by atoms with Crippen molar-refractivity contribution in [3.8, 4) is 5.75 Å². The Bertz CT molecular complexity index is 1190. The van der Waals surface area contributed by atoms with Crippen molar-refractivity contribution < 1.29 is 19.1 Å². The highest BCUT2D eigenvalue weighted by molar-refractivity contribution is 6.41. The maximum Gasteiger partial charge on any atom is 0.343 e. The molecule has 0 saturated carbocycles. The van der Waals surface area contributed by atoms with Crippen LogP contribution in [0.5, 0.6) is 5.75 Å². The van der Waals surface area contributed by atoms with Crippen LogP contribution in [0.1, 0.15) is 22.8 Å². The second-order valence-corrected chi connectivity index (χ2v) is 7.31. The quantitative estimate of drug-likeness (QED) is 0.186. The summed E-state index contributed by atoms with van der Waals surface area (Å²) in [5.74, 6) is -2.26. The van der Waals surface area contributed by atoms with E-state index in [1.807, 2.05) is 0 Å². The number of halogens is 2. The largest absolute Gasteiger partial charge is 0.422 e. The van der Waals surface area contributed by atoms with Crippen molar-refractivity contribution in [2.24, 2.45) is 5.10 Å². The minimum Gasteiger partial charge on any atom is -0.422 e. The average molecular weight is 470 g/mol. The Hall–Kier alpha value is -3.68. The summed E-state index contributed by atoms with van der Waals surface area (Å²) in [5.41, 5.74) is 3.58. The number of benzene rings is 3. The average Bonchev–Trinajstić information content (AvgIpc) is 2.79. The molecule has 3 aromatic rings. The molecule has 0 unspecified atom stereocenters. The molecule has 0 radical (unpaired) electrons. The second-order valence-electron chi connectivity index (χ2n) is 6.46. The van der Waals surface area contributed by atoms with Gasteiger partial charge < -0.3 is 10.1 Å². The number of hydrogen-bond acceptors (Lipinski definition) is 5. The highest BCUT2D eigenvalue weighted by Crippen LogP contribution is 2.21. The topological polar surface area (TPSA) is 96.9 Å². The molecule has 0 saturated heterocycles. The van der Waals surface area contributed by atoms with Crippen molar-refractivity contribution in [2.75, 3.05) is 5.32 Å². The zero-order valence-electron chi connectivity index (χ0n) is 16.8. The number of rotatable bonds is 5. The first kappa shape index (κ1) is 23.0. The normalized spacial score (nSPS) is 10.9. The molecule has 0 bridgehead atoms. The van der Waals surface area contributed by atoms with Crippen molar-refractivity contribution in [2.45, 2.75) is 6.92 Å². The first-order chi connectivity index (χ1) is 15.3. The summed E-state index contributed by atoms with van der Waals surface area (Å²) in [6.07, 6.45) is 0. The van der Waals surface area contributed by atoms with Gasteiger partial charge >= 0.3 is 17.8 Å². The SMILES string of the molecule is C/C(=N\NC(=O)C(=O)Nc1ccccc1Cl)c1ccccc1OC(=O)c1ccc(Cl)cc1. The lowest BCUT2D eigenvalue weighted by Gasteiger charge is -2.10. The molecule has 0 aliphatic carbocycles. The molecule has 0 atom stereocenters. The third kappa shape index (κ3) is 5.94. The molecule has 9 heteroatoms. The summed E-state index contributed by atoms with van der Waals surface area (Å²) in [4.78, 5) is 36.6. The Morgan fingerprint density at radius 3 is 2.22 bits per heavy atom. The molecule has 0 aromatic heterocycles. The molecule has 32 heavy (non-hydrogen) atoms. The standard InChI is InChI=1S/C23H17Cl2N3O4/c1-14(27-28-22(30)21(29)26-19-8-4-3-7-18(19)25)17-6-2-5-9-20(17)32-23(31)15-10-12-16(24)13-11-15/h2-13H,1H3,(H,26,29)(H,28,30)/b27-14+. The zero-order valence-corrected chi connectivity index (χ0v) is 18.3. The Kier molecular flexibility index (Phi) is 7.59. The van der Waals surface area contributed by atoms with Crippen LogP contribution < -0.4 is 15.5 Å². The highest BCUT2D eigenvalue weighted by atomic mass is 35.5. The lowest BCUT2D eigenvalue weighted by Crippen LogP contribution is -2.33. The van der Waals surface area contributed by atoms with E-state index in [1.54, 1.807) is 79.7 Å². The van der Waals surface area contributed by atoms with Gasteiger partial charge in [0.15, 0.2) is 0 Å². The Morgan fingerprint density at radius 2 is 1.50 bits per heavy atom. The molecule has 0 heterocycles. The van der Waals surface area contributed by atoms with Gasteiger partial charge in [-0.25, -0.2) is 10.2 Å². The number of carbonyl (C=O) groups is 3. The number of amides is 2. The van der Waals surface area contributed by atoms with Crippen LogP contribution in [-0.2, 0) is 9.59 Å². The fourth-order valence-corrected chi connectivity index (χ4v) is 2.90. The summed E-state index contributed by atoms with van der Waals surface area (Å²) in [6.45, 7) is 1.60. The maximum atomic E-state index is 12.4. The molecule has 0 aliphatic rings. The molecular formula is C23H17Cl2N3O4. The van der Waals surface area contributed by atoms with Gasteiger partial charge in [0, 0.05) is 10.6 Å². The van der Waals surface area contributed by atoms with Crippen LogP contribution in [0.2, 0.25) is 10.0 Å². The third-order valence-electron chi connectivity index (χ3n) is 4.21. The summed E-state index contributed by atoms with van der Waals surface area (Å²) < 4.78 is 5.47. The molecule has 0 spiro atoms. The lowest BCUT2D eigenvalue weighted by molar-refractivity contribution is -0.136. The van der Waals surface area contributed by atoms with Crippen molar-refractivity contribution in [1.29, 1.82) is 0 Å². The monoisotopic (exact) mass is 469 g/mol. The number of nitrogens with one attached hydrogen (secondary N) is 2. The number of carbonyl (C=O) groups excluding carboxylic acids is 3. The lowest BCUT2D eigenvalue weighted by atomic mass is 10.1. The highest BCUT2D eigenvalue weighted by Gasteiger charge is 2.16. The Labute approximate surface area is 194 Å². The van der Waals surface area contributed by atoms with Crippen LogP contribution in [0.15, 0.2) is 77.9 Å². The molecule has 0 aliphatic heterocycles. The van der Waals surface area contributed by atoms with Crippen LogP contribution in [0.4, 0.5) is 5.69 Å². The molecule has 0 fully saturated rings. The van der Waals surface area contributed by atoms with Gasteiger partial charge in [0.1, 0.15) is 5.75 Å². The van der Waals surface area contributed by atoms with E-state index >= 15 is 0 Å². The Morgan fingerprint density at radius 1 is 0.844 bits per heavy atom. The summed E-state index contributed by atoms with van der Waals surface area (Å²) in [7, 11) is 0. The maximum absolute atomic E-state index is 12.4. The van der Waals surface area contributed by atoms with E-state index in [1.165, 1.54) is 0 Å². The number of hydrogen-bond donors (Lipinski definition) is 2. The minimum atomic E-state index is -0.986. The van der Waals surface area contributed by atoms with Gasteiger partial charge in [-0.15, -0.1) is 0 Å². The minimum absolute atomic E-state index is 0.239. The molecular weight excluding hydrogens is 453 g/mol. The van der Waals surface area contributed by atoms with Crippen LogP contribution in [0.3, 0.4) is 0 Å². The number of nitrogens with zero attached hydrogens (tertiary/aromatic N) is 1. The predicted molar refractivity (Wildman–Crippen MR) is 123 cm³/mol. The van der Waals surface area contributed by atoms with Gasteiger partial charge in [-0.3, -0.25) is 9.59 Å². The van der Waals surface area contributed by atoms with E-state index in [0.717, 1.165) is 0 Å². The number of esters is 1. The van der Waals surface area contributed by atoms with E-state index in [9.17, 15) is 14.4 Å². The van der Waals surface area contributed by atoms with Gasteiger partial charge in [0.05, 0.1) is 22.0 Å². The van der Waals surface area contributed by atoms with Crippen LogP contribution >= 0.6 is 23.2 Å². The van der Waals surface area contributed by atoms with Gasteiger partial charge in [-0.1, -0.05) is 47.5 Å². The van der Waals surface area contributed by atoms with Gasteiger partial charge in [0.2, 0.25) is 0 Å². The summed E-state index contributed by atoms with van der Waals surface area (Å²) in [6, 6.07) is 19.4. The van der Waals surface area contributed by atoms with Gasteiger partial charge in [-0.05, 0) is 55.5 Å². The third-order valence-corrected chi connectivity index (χ3v) is 4.79. The number of hydrazone groups is 1. The van der Waals surface area contributed by atoms with E-state index in [2.05, 4.69) is 15.8 Å². The molecule has 162 valence electrons. The zero-order chi connectivity index (χ0) is 23.1. The van der Waals surface area contributed by atoms with E-state index < -0.39 is 17.8 Å². The first-order valence-electron chi connectivity index (χ1n) is 9.32. The smallest absolute Gasteiger partial charge is 0.343 e. The van der Waals surface area contributed by atoms with Crippen molar-refractivity contribution in [1.82, 2.24) is 5.43 Å². The number of anilines is 1. The first-order valence-corrected chi connectivity index (χ1v) is 10.1. The fourth-order valence-electron chi connectivity index (χ4n) is 2.59. The second kappa shape index (κ2) is 10.6. The van der Waals surface area contributed by atoms with E-state index in [4.69, 9.17) is 27.9 Å². The molecule has 2 amide bonds. The van der Waals surface area contributed by atoms with E-state index in [-0.39, 0.29) is 5.75 Å². The van der Waals surface area contributed by atoms with Crippen molar-refractivity contribution in [3.05, 3.63) is 94.0 Å². The van der Waals surface area contributed by atoms with E-state index in [0.29, 0.717) is 32.6 Å². The van der Waals surface area contributed by atoms with Crippen LogP contribution in [0, 0.1) is 0 Å². The van der Waals surface area contributed by atoms with Crippen LogP contribution in [0.25, 0.3) is 0 Å². The number of para-hydroxylation sites is 2. The molecule has 3 rings (SSSR count). The van der Waals surface area contributed by atoms with Crippen molar-refractivity contribution >= 4 is 52.4 Å². The molecule has 3 aromatic carbocycles. The Balaban J connectivity index is 1.69. The van der Waals surface area contributed by atoms with Crippen LogP contribution in [-0.4, -0.2) is 23.5 Å². The fraction of sp³-hybridized carbons (Fsp3) is 0.0435. The molecule has 2 N–H and O–H groups in total. The van der Waals surface area contributed by atoms with Gasteiger partial charge in [-0.2, -0.15) is 5.10 Å². The number of ether oxygens (including phenoxy) is 1. The summed E-state index contributed by atoms with van der Waals surface area (Å²) >= 11 is 11.8.